The third kappa shape index (κ3) is 3.38. The molecule has 2 unspecified atom stereocenters. The molecule has 17 heavy (non-hydrogen) atoms. The number of halogens is 1. The van der Waals surface area contributed by atoms with Gasteiger partial charge in [0.1, 0.15) is 5.75 Å². The van der Waals surface area contributed by atoms with Crippen LogP contribution in [0.5, 0.6) is 5.75 Å². The van der Waals surface area contributed by atoms with E-state index >= 15 is 0 Å². The summed E-state index contributed by atoms with van der Waals surface area (Å²) in [5, 5.41) is 9.98. The van der Waals surface area contributed by atoms with Crippen LogP contribution in [0.1, 0.15) is 38.2 Å². The Morgan fingerprint density at radius 3 is 2.71 bits per heavy atom. The molecule has 0 saturated heterocycles. The molecular weight excluding hydrogens is 234 g/mol. The van der Waals surface area contributed by atoms with Crippen molar-refractivity contribution < 1.29 is 4.74 Å². The molecule has 1 aromatic rings. The minimum Gasteiger partial charge on any atom is -0.496 e. The first-order valence-electron chi connectivity index (χ1n) is 5.87. The molecule has 0 N–H and O–H groups in total. The molecule has 1 rings (SSSR count). The van der Waals surface area contributed by atoms with Crippen LogP contribution in [-0.4, -0.2) is 7.11 Å². The van der Waals surface area contributed by atoms with Crippen LogP contribution in [0, 0.1) is 17.2 Å². The maximum Gasteiger partial charge on any atom is 0.123 e. The summed E-state index contributed by atoms with van der Waals surface area (Å²) in [7, 11) is 1.62. The number of methoxy groups -OCH3 is 1. The van der Waals surface area contributed by atoms with Gasteiger partial charge in [-0.15, -0.1) is 0 Å². The second kappa shape index (κ2) is 6.51. The third-order valence-electron chi connectivity index (χ3n) is 2.98. The number of rotatable bonds is 5. The number of ether oxygens (including phenoxy) is 1. The summed E-state index contributed by atoms with van der Waals surface area (Å²) in [6.45, 7) is 4.22. The zero-order chi connectivity index (χ0) is 12.8. The lowest BCUT2D eigenvalue weighted by molar-refractivity contribution is 0.397. The SMILES string of the molecule is CCCC(C)C(C#N)c1cc(Cl)ccc1OC. The van der Waals surface area contributed by atoms with E-state index in [2.05, 4.69) is 19.9 Å². The Kier molecular flexibility index (Phi) is 5.31. The van der Waals surface area contributed by atoms with E-state index in [1.54, 1.807) is 13.2 Å². The fourth-order valence-electron chi connectivity index (χ4n) is 2.07. The normalized spacial score (nSPS) is 13.8. The van der Waals surface area contributed by atoms with Crippen LogP contribution >= 0.6 is 11.6 Å². The summed E-state index contributed by atoms with van der Waals surface area (Å²) in [5.41, 5.74) is 0.892. The number of benzene rings is 1. The van der Waals surface area contributed by atoms with Crippen LogP contribution in [0.3, 0.4) is 0 Å². The highest BCUT2D eigenvalue weighted by Crippen LogP contribution is 2.35. The van der Waals surface area contributed by atoms with Crippen molar-refractivity contribution in [2.24, 2.45) is 5.92 Å². The lowest BCUT2D eigenvalue weighted by Crippen LogP contribution is -2.09. The van der Waals surface area contributed by atoms with Gasteiger partial charge in [0, 0.05) is 10.6 Å². The second-order valence-corrected chi connectivity index (χ2v) is 4.70. The van der Waals surface area contributed by atoms with Gasteiger partial charge in [-0.2, -0.15) is 5.26 Å². The van der Waals surface area contributed by atoms with Crippen molar-refractivity contribution in [3.63, 3.8) is 0 Å². The Morgan fingerprint density at radius 2 is 2.18 bits per heavy atom. The summed E-state index contributed by atoms with van der Waals surface area (Å²) in [5.74, 6) is 0.880. The smallest absolute Gasteiger partial charge is 0.123 e. The van der Waals surface area contributed by atoms with Gasteiger partial charge in [0.05, 0.1) is 19.1 Å². The zero-order valence-corrected chi connectivity index (χ0v) is 11.3. The van der Waals surface area contributed by atoms with Gasteiger partial charge in [-0.25, -0.2) is 0 Å². The number of hydrogen-bond donors (Lipinski definition) is 0. The van der Waals surface area contributed by atoms with Crippen molar-refractivity contribution in [3.05, 3.63) is 28.8 Å². The van der Waals surface area contributed by atoms with Gasteiger partial charge in [-0.3, -0.25) is 0 Å². The first-order valence-corrected chi connectivity index (χ1v) is 6.24. The molecule has 92 valence electrons. The first-order chi connectivity index (χ1) is 8.13. The van der Waals surface area contributed by atoms with Crippen LogP contribution in [0.25, 0.3) is 0 Å². The van der Waals surface area contributed by atoms with Crippen molar-refractivity contribution in [2.45, 2.75) is 32.6 Å². The Hall–Kier alpha value is -1.20. The molecule has 0 aliphatic carbocycles. The van der Waals surface area contributed by atoms with Crippen LogP contribution < -0.4 is 4.74 Å². The van der Waals surface area contributed by atoms with Gasteiger partial charge in [0.25, 0.3) is 0 Å². The van der Waals surface area contributed by atoms with Crippen LogP contribution in [-0.2, 0) is 0 Å². The van der Waals surface area contributed by atoms with Gasteiger partial charge >= 0.3 is 0 Å². The topological polar surface area (TPSA) is 33.0 Å². The Morgan fingerprint density at radius 1 is 1.47 bits per heavy atom. The van der Waals surface area contributed by atoms with E-state index in [9.17, 15) is 5.26 Å². The van der Waals surface area contributed by atoms with Crippen LogP contribution in [0.2, 0.25) is 5.02 Å². The molecule has 2 nitrogen and oxygen atoms in total. The summed E-state index contributed by atoms with van der Waals surface area (Å²) >= 11 is 5.99. The Balaban J connectivity index is 3.10. The molecule has 0 aliphatic heterocycles. The molecular formula is C14H18ClNO. The standard InChI is InChI=1S/C14H18ClNO/c1-4-5-10(2)13(9-16)12-8-11(15)6-7-14(12)17-3/h6-8,10,13H,4-5H2,1-3H3. The van der Waals surface area contributed by atoms with E-state index < -0.39 is 0 Å². The van der Waals surface area contributed by atoms with Gasteiger partial charge < -0.3 is 4.74 Å². The molecule has 0 bridgehead atoms. The van der Waals surface area contributed by atoms with Crippen molar-refractivity contribution in [1.82, 2.24) is 0 Å². The summed E-state index contributed by atoms with van der Waals surface area (Å²) in [6, 6.07) is 7.80. The lowest BCUT2D eigenvalue weighted by atomic mass is 9.85. The largest absolute Gasteiger partial charge is 0.496 e. The molecule has 0 spiro atoms. The predicted octanol–water partition coefficient (Wildman–Crippen LogP) is 4.39. The molecule has 0 heterocycles. The summed E-state index contributed by atoms with van der Waals surface area (Å²) in [6.07, 6.45) is 2.09. The molecule has 0 amide bonds. The fourth-order valence-corrected chi connectivity index (χ4v) is 2.25. The average Bonchev–Trinajstić information content (AvgIpc) is 2.31. The van der Waals surface area contributed by atoms with Crippen molar-refractivity contribution in [2.75, 3.05) is 7.11 Å². The van der Waals surface area contributed by atoms with Gasteiger partial charge in [-0.05, 0) is 30.5 Å². The van der Waals surface area contributed by atoms with Gasteiger partial charge in [-0.1, -0.05) is 31.9 Å². The third-order valence-corrected chi connectivity index (χ3v) is 3.21. The maximum absolute atomic E-state index is 9.34. The number of hydrogen-bond acceptors (Lipinski definition) is 2. The second-order valence-electron chi connectivity index (χ2n) is 4.26. The zero-order valence-electron chi connectivity index (χ0n) is 10.5. The molecule has 1 aromatic carbocycles. The summed E-state index contributed by atoms with van der Waals surface area (Å²) in [4.78, 5) is 0. The number of nitrogens with zero attached hydrogens (tertiary/aromatic N) is 1. The summed E-state index contributed by atoms with van der Waals surface area (Å²) < 4.78 is 5.30. The van der Waals surface area contributed by atoms with E-state index in [1.165, 1.54) is 0 Å². The fraction of sp³-hybridized carbons (Fsp3) is 0.500. The maximum atomic E-state index is 9.34. The molecule has 0 fully saturated rings. The van der Waals surface area contributed by atoms with E-state index in [1.807, 2.05) is 12.1 Å². The highest BCUT2D eigenvalue weighted by Gasteiger charge is 2.22. The molecule has 0 saturated carbocycles. The Labute approximate surface area is 108 Å². The van der Waals surface area contributed by atoms with E-state index in [4.69, 9.17) is 16.3 Å². The quantitative estimate of drug-likeness (QED) is 0.777. The molecule has 0 radical (unpaired) electrons. The van der Waals surface area contributed by atoms with E-state index in [0.29, 0.717) is 10.9 Å². The lowest BCUT2D eigenvalue weighted by Gasteiger charge is -2.19. The van der Waals surface area contributed by atoms with Crippen molar-refractivity contribution >= 4 is 11.6 Å². The van der Waals surface area contributed by atoms with Crippen molar-refractivity contribution in [3.8, 4) is 11.8 Å². The van der Waals surface area contributed by atoms with Crippen LogP contribution in [0.15, 0.2) is 18.2 Å². The van der Waals surface area contributed by atoms with Gasteiger partial charge in [0.15, 0.2) is 0 Å². The number of nitriles is 1. The molecule has 0 aliphatic rings. The minimum absolute atomic E-state index is 0.163. The predicted molar refractivity (Wildman–Crippen MR) is 70.4 cm³/mol. The average molecular weight is 252 g/mol. The van der Waals surface area contributed by atoms with Crippen LogP contribution in [0.4, 0.5) is 0 Å². The van der Waals surface area contributed by atoms with E-state index in [0.717, 1.165) is 24.2 Å². The highest BCUT2D eigenvalue weighted by atomic mass is 35.5. The highest BCUT2D eigenvalue weighted by molar-refractivity contribution is 6.30. The monoisotopic (exact) mass is 251 g/mol. The molecule has 2 atom stereocenters. The Bertz CT molecular complexity index is 411. The van der Waals surface area contributed by atoms with E-state index in [-0.39, 0.29) is 5.92 Å². The van der Waals surface area contributed by atoms with Crippen molar-refractivity contribution in [1.29, 1.82) is 5.26 Å². The van der Waals surface area contributed by atoms with Gasteiger partial charge in [0.2, 0.25) is 0 Å². The molecule has 0 aromatic heterocycles. The molecule has 3 heteroatoms. The first kappa shape index (κ1) is 13.9. The minimum atomic E-state index is -0.163.